The normalized spacial score (nSPS) is 21.3. The van der Waals surface area contributed by atoms with E-state index in [2.05, 4.69) is 15.6 Å². The van der Waals surface area contributed by atoms with Gasteiger partial charge in [0.05, 0.1) is 0 Å². The third-order valence-corrected chi connectivity index (χ3v) is 2.08. The Morgan fingerprint density at radius 2 is 2.15 bits per heavy atom. The van der Waals surface area contributed by atoms with Crippen molar-refractivity contribution in [3.8, 4) is 0 Å². The van der Waals surface area contributed by atoms with Gasteiger partial charge in [-0.3, -0.25) is 0 Å². The third-order valence-electron chi connectivity index (χ3n) is 2.08. The molecule has 1 aliphatic rings. The molecule has 0 aliphatic carbocycles. The summed E-state index contributed by atoms with van der Waals surface area (Å²) in [6.45, 7) is 4.79. The summed E-state index contributed by atoms with van der Waals surface area (Å²) in [5.41, 5.74) is 0. The van der Waals surface area contributed by atoms with Crippen LogP contribution in [0.4, 0.5) is 0 Å². The van der Waals surface area contributed by atoms with E-state index in [1.54, 1.807) is 6.92 Å². The van der Waals surface area contributed by atoms with Crippen LogP contribution < -0.4 is 5.32 Å². The zero-order chi connectivity index (χ0) is 9.68. The number of nitroso groups, excluding NO2 is 1. The van der Waals surface area contributed by atoms with Gasteiger partial charge in [0.25, 0.3) is 0 Å². The van der Waals surface area contributed by atoms with Gasteiger partial charge < -0.3 is 15.4 Å². The minimum absolute atomic E-state index is 0.358. The highest BCUT2D eigenvalue weighted by Gasteiger charge is 2.20. The molecule has 13 heavy (non-hydrogen) atoms. The Morgan fingerprint density at radius 1 is 1.54 bits per heavy atom. The first kappa shape index (κ1) is 9.91. The summed E-state index contributed by atoms with van der Waals surface area (Å²) in [5.74, 6) is 0.358. The standard InChI is InChI=1S/C7H14N4O2/c1-6(9-12)7(10-13)11-4-2-8-3-5-11/h6,8,13H,2-5H2,1H3. The van der Waals surface area contributed by atoms with Gasteiger partial charge in [-0.05, 0) is 6.92 Å². The Morgan fingerprint density at radius 3 is 2.62 bits per heavy atom. The molecule has 1 saturated heterocycles. The van der Waals surface area contributed by atoms with Gasteiger partial charge >= 0.3 is 0 Å². The van der Waals surface area contributed by atoms with E-state index in [9.17, 15) is 4.91 Å². The summed E-state index contributed by atoms with van der Waals surface area (Å²) in [4.78, 5) is 12.1. The van der Waals surface area contributed by atoms with Gasteiger partial charge in [-0.1, -0.05) is 10.3 Å². The number of rotatable bonds is 2. The summed E-state index contributed by atoms with van der Waals surface area (Å²) < 4.78 is 0. The highest BCUT2D eigenvalue weighted by Crippen LogP contribution is 2.02. The van der Waals surface area contributed by atoms with Crippen LogP contribution in [0.25, 0.3) is 0 Å². The number of amidine groups is 1. The van der Waals surface area contributed by atoms with Crippen LogP contribution in [-0.2, 0) is 0 Å². The van der Waals surface area contributed by atoms with Crippen molar-refractivity contribution < 1.29 is 5.21 Å². The van der Waals surface area contributed by atoms with Crippen LogP contribution in [0.5, 0.6) is 0 Å². The SMILES string of the molecule is CC(N=O)C(=NO)N1CCNCC1. The third kappa shape index (κ3) is 2.38. The molecule has 0 aromatic rings. The molecule has 1 fully saturated rings. The topological polar surface area (TPSA) is 77.3 Å². The maximum atomic E-state index is 10.3. The molecular formula is C7H14N4O2. The molecule has 1 heterocycles. The van der Waals surface area contributed by atoms with Gasteiger partial charge in [0.1, 0.15) is 6.04 Å². The summed E-state index contributed by atoms with van der Waals surface area (Å²) in [6.07, 6.45) is 0. The van der Waals surface area contributed by atoms with Crippen molar-refractivity contribution in [3.05, 3.63) is 4.91 Å². The first-order valence-electron chi connectivity index (χ1n) is 4.29. The summed E-state index contributed by atoms with van der Waals surface area (Å²) in [7, 11) is 0. The molecule has 0 amide bonds. The number of oxime groups is 1. The van der Waals surface area contributed by atoms with E-state index in [0.717, 1.165) is 26.2 Å². The molecule has 1 aliphatic heterocycles. The van der Waals surface area contributed by atoms with Crippen LogP contribution in [0, 0.1) is 4.91 Å². The smallest absolute Gasteiger partial charge is 0.172 e. The van der Waals surface area contributed by atoms with E-state index >= 15 is 0 Å². The van der Waals surface area contributed by atoms with E-state index in [1.807, 2.05) is 4.90 Å². The molecule has 0 radical (unpaired) electrons. The van der Waals surface area contributed by atoms with Crippen molar-refractivity contribution >= 4 is 5.84 Å². The lowest BCUT2D eigenvalue weighted by atomic mass is 10.2. The van der Waals surface area contributed by atoms with Crippen molar-refractivity contribution in [3.63, 3.8) is 0 Å². The molecule has 2 N–H and O–H groups in total. The number of nitrogens with zero attached hydrogens (tertiary/aromatic N) is 3. The quantitative estimate of drug-likeness (QED) is 0.206. The van der Waals surface area contributed by atoms with Crippen LogP contribution in [0.2, 0.25) is 0 Å². The fourth-order valence-corrected chi connectivity index (χ4v) is 1.35. The summed E-state index contributed by atoms with van der Waals surface area (Å²) in [5, 5.41) is 17.8. The van der Waals surface area contributed by atoms with Gasteiger partial charge in [0.2, 0.25) is 0 Å². The van der Waals surface area contributed by atoms with Crippen LogP contribution in [0.3, 0.4) is 0 Å². The Kier molecular flexibility index (Phi) is 3.63. The molecule has 1 rings (SSSR count). The zero-order valence-electron chi connectivity index (χ0n) is 7.60. The monoisotopic (exact) mass is 186 g/mol. The van der Waals surface area contributed by atoms with E-state index < -0.39 is 6.04 Å². The number of hydrogen-bond acceptors (Lipinski definition) is 5. The van der Waals surface area contributed by atoms with E-state index in [-0.39, 0.29) is 0 Å². The van der Waals surface area contributed by atoms with E-state index in [4.69, 9.17) is 5.21 Å². The number of nitrogens with one attached hydrogen (secondary N) is 1. The Bertz CT molecular complexity index is 201. The van der Waals surface area contributed by atoms with Crippen molar-refractivity contribution in [2.45, 2.75) is 13.0 Å². The molecule has 0 aromatic heterocycles. The largest absolute Gasteiger partial charge is 0.409 e. The molecule has 1 atom stereocenters. The minimum Gasteiger partial charge on any atom is -0.409 e. The van der Waals surface area contributed by atoms with Crippen molar-refractivity contribution in [1.29, 1.82) is 0 Å². The Hall–Kier alpha value is -1.17. The van der Waals surface area contributed by atoms with Crippen molar-refractivity contribution in [2.75, 3.05) is 26.2 Å². The fourth-order valence-electron chi connectivity index (χ4n) is 1.35. The van der Waals surface area contributed by atoms with Crippen molar-refractivity contribution in [2.24, 2.45) is 10.3 Å². The lowest BCUT2D eigenvalue weighted by Crippen LogP contribution is -2.49. The summed E-state index contributed by atoms with van der Waals surface area (Å²) >= 11 is 0. The predicted molar refractivity (Wildman–Crippen MR) is 48.9 cm³/mol. The highest BCUT2D eigenvalue weighted by atomic mass is 16.4. The first-order valence-corrected chi connectivity index (χ1v) is 4.29. The van der Waals surface area contributed by atoms with Crippen LogP contribution in [-0.4, -0.2) is 48.2 Å². The Labute approximate surface area is 76.6 Å². The molecule has 0 saturated carbocycles. The summed E-state index contributed by atoms with van der Waals surface area (Å²) in [6, 6.07) is -0.580. The second-order valence-electron chi connectivity index (χ2n) is 2.98. The Balaban J connectivity index is 2.59. The van der Waals surface area contributed by atoms with E-state index in [1.165, 1.54) is 0 Å². The molecule has 74 valence electrons. The maximum Gasteiger partial charge on any atom is 0.172 e. The van der Waals surface area contributed by atoms with Crippen LogP contribution in [0.1, 0.15) is 6.92 Å². The first-order chi connectivity index (χ1) is 6.29. The van der Waals surface area contributed by atoms with Gasteiger partial charge in [-0.15, -0.1) is 0 Å². The van der Waals surface area contributed by atoms with Crippen LogP contribution in [0.15, 0.2) is 10.3 Å². The zero-order valence-corrected chi connectivity index (χ0v) is 7.60. The van der Waals surface area contributed by atoms with Gasteiger partial charge in [0.15, 0.2) is 5.84 Å². The van der Waals surface area contributed by atoms with Crippen LogP contribution >= 0.6 is 0 Å². The lowest BCUT2D eigenvalue weighted by Gasteiger charge is -2.30. The fraction of sp³-hybridized carbons (Fsp3) is 0.857. The second-order valence-corrected chi connectivity index (χ2v) is 2.98. The molecule has 6 heteroatoms. The molecule has 0 spiro atoms. The second kappa shape index (κ2) is 4.76. The van der Waals surface area contributed by atoms with E-state index in [0.29, 0.717) is 5.84 Å². The van der Waals surface area contributed by atoms with Crippen molar-refractivity contribution in [1.82, 2.24) is 10.2 Å². The molecule has 6 nitrogen and oxygen atoms in total. The molecule has 1 unspecified atom stereocenters. The highest BCUT2D eigenvalue weighted by molar-refractivity contribution is 5.86. The number of hydrogen-bond donors (Lipinski definition) is 2. The number of piperazine rings is 1. The van der Waals surface area contributed by atoms with Gasteiger partial charge in [-0.25, -0.2) is 0 Å². The van der Waals surface area contributed by atoms with Gasteiger partial charge in [0, 0.05) is 26.2 Å². The maximum absolute atomic E-state index is 10.3. The average Bonchev–Trinajstić information content (AvgIpc) is 2.20. The van der Waals surface area contributed by atoms with Gasteiger partial charge in [-0.2, -0.15) is 4.91 Å². The molecule has 0 bridgehead atoms. The predicted octanol–water partition coefficient (Wildman–Crippen LogP) is -0.166. The lowest BCUT2D eigenvalue weighted by molar-refractivity contribution is 0.283. The molecular weight excluding hydrogens is 172 g/mol. The average molecular weight is 186 g/mol. The minimum atomic E-state index is -0.580. The molecule has 0 aromatic carbocycles.